The van der Waals surface area contributed by atoms with Crippen molar-refractivity contribution in [3.63, 3.8) is 0 Å². The van der Waals surface area contributed by atoms with Crippen molar-refractivity contribution in [3.05, 3.63) is 69.4 Å². The normalized spacial score (nSPS) is 10.6. The second kappa shape index (κ2) is 7.63. The highest BCUT2D eigenvalue weighted by atomic mass is 79.9. The van der Waals surface area contributed by atoms with Crippen LogP contribution < -0.4 is 4.90 Å². The number of benzene rings is 1. The van der Waals surface area contributed by atoms with Crippen LogP contribution in [-0.4, -0.2) is 20.5 Å². The summed E-state index contributed by atoms with van der Waals surface area (Å²) < 4.78 is 4.90. The van der Waals surface area contributed by atoms with E-state index in [-0.39, 0.29) is 5.91 Å². The number of amides is 1. The molecule has 3 rings (SSSR count). The van der Waals surface area contributed by atoms with Gasteiger partial charge in [0.1, 0.15) is 4.88 Å². The lowest BCUT2D eigenvalue weighted by Gasteiger charge is -2.22. The summed E-state index contributed by atoms with van der Waals surface area (Å²) in [6, 6.07) is 13.3. The quantitative estimate of drug-likeness (QED) is 0.644. The van der Waals surface area contributed by atoms with Crippen LogP contribution in [0, 0.1) is 0 Å². The van der Waals surface area contributed by atoms with Gasteiger partial charge in [0.2, 0.25) is 0 Å². The maximum Gasteiger partial charge on any atom is 0.272 e. The number of rotatable bonds is 5. The third-order valence-electron chi connectivity index (χ3n) is 3.51. The molecule has 0 bridgehead atoms. The predicted molar refractivity (Wildman–Crippen MR) is 98.2 cm³/mol. The predicted octanol–water partition coefficient (Wildman–Crippen LogP) is 4.11. The molecule has 0 aliphatic carbocycles. The van der Waals surface area contributed by atoms with Crippen LogP contribution in [0.5, 0.6) is 0 Å². The zero-order valence-electron chi connectivity index (χ0n) is 13.0. The van der Waals surface area contributed by atoms with Crippen LogP contribution in [0.15, 0.2) is 53.1 Å². The number of nitrogens with zero attached hydrogens (tertiary/aromatic N) is 4. The lowest BCUT2D eigenvalue weighted by Crippen LogP contribution is -2.30. The van der Waals surface area contributed by atoms with E-state index in [9.17, 15) is 4.79 Å². The molecule has 0 radical (unpaired) electrons. The van der Waals surface area contributed by atoms with Gasteiger partial charge in [-0.05, 0) is 54.4 Å². The summed E-state index contributed by atoms with van der Waals surface area (Å²) in [5.74, 6) is -0.102. The van der Waals surface area contributed by atoms with Crippen LogP contribution in [0.2, 0.25) is 0 Å². The maximum absolute atomic E-state index is 13.1. The Kier molecular flexibility index (Phi) is 5.32. The molecule has 2 aromatic heterocycles. The van der Waals surface area contributed by atoms with Gasteiger partial charge in [-0.2, -0.15) is 0 Å². The van der Waals surface area contributed by atoms with Gasteiger partial charge in [-0.25, -0.2) is 0 Å². The van der Waals surface area contributed by atoms with E-state index in [1.165, 1.54) is 0 Å². The van der Waals surface area contributed by atoms with Crippen molar-refractivity contribution in [3.8, 4) is 0 Å². The van der Waals surface area contributed by atoms with Crippen LogP contribution in [0.4, 0.5) is 5.69 Å². The minimum absolute atomic E-state index is 0.102. The fourth-order valence-electron chi connectivity index (χ4n) is 2.28. The van der Waals surface area contributed by atoms with Gasteiger partial charge < -0.3 is 4.90 Å². The van der Waals surface area contributed by atoms with E-state index >= 15 is 0 Å². The second-order valence-corrected chi connectivity index (χ2v) is 6.76. The van der Waals surface area contributed by atoms with Crippen molar-refractivity contribution in [2.75, 3.05) is 4.90 Å². The number of hydrogen-bond acceptors (Lipinski definition) is 5. The summed E-state index contributed by atoms with van der Waals surface area (Å²) >= 11 is 4.56. The number of aromatic nitrogens is 3. The molecule has 2 heterocycles. The molecule has 0 aliphatic rings. The number of pyridine rings is 1. The largest absolute Gasteiger partial charge is 0.302 e. The first kappa shape index (κ1) is 16.7. The molecule has 0 unspecified atom stereocenters. The SMILES string of the molecule is CCc1nnsc1C(=O)N(Cc1ccccn1)c1ccc(Br)cc1. The van der Waals surface area contributed by atoms with E-state index in [2.05, 4.69) is 30.5 Å². The lowest BCUT2D eigenvalue weighted by atomic mass is 10.2. The van der Waals surface area contributed by atoms with Crippen LogP contribution in [0.3, 0.4) is 0 Å². The fourth-order valence-corrected chi connectivity index (χ4v) is 3.24. The molecule has 3 aromatic rings. The molecule has 5 nitrogen and oxygen atoms in total. The summed E-state index contributed by atoms with van der Waals surface area (Å²) in [5, 5.41) is 4.05. The first-order chi connectivity index (χ1) is 11.7. The Labute approximate surface area is 152 Å². The van der Waals surface area contributed by atoms with Crippen molar-refractivity contribution in [2.45, 2.75) is 19.9 Å². The molecule has 0 atom stereocenters. The zero-order valence-corrected chi connectivity index (χ0v) is 15.4. The van der Waals surface area contributed by atoms with E-state index in [1.54, 1.807) is 11.1 Å². The van der Waals surface area contributed by atoms with Crippen LogP contribution in [-0.2, 0) is 13.0 Å². The molecule has 1 amide bonds. The number of halogens is 1. The second-order valence-electron chi connectivity index (χ2n) is 5.09. The van der Waals surface area contributed by atoms with Crippen LogP contribution >= 0.6 is 27.5 Å². The monoisotopic (exact) mass is 402 g/mol. The molecule has 24 heavy (non-hydrogen) atoms. The van der Waals surface area contributed by atoms with Gasteiger partial charge in [0, 0.05) is 16.4 Å². The van der Waals surface area contributed by atoms with Gasteiger partial charge in [-0.15, -0.1) is 5.10 Å². The van der Waals surface area contributed by atoms with Crippen molar-refractivity contribution < 1.29 is 4.79 Å². The molecule has 0 saturated heterocycles. The van der Waals surface area contributed by atoms with Gasteiger partial charge in [0.15, 0.2) is 0 Å². The average Bonchev–Trinajstić information content (AvgIpc) is 3.10. The van der Waals surface area contributed by atoms with Crippen LogP contribution in [0.1, 0.15) is 28.0 Å². The number of carbonyl (C=O) groups excluding carboxylic acids is 1. The highest BCUT2D eigenvalue weighted by Crippen LogP contribution is 2.24. The van der Waals surface area contributed by atoms with Gasteiger partial charge in [-0.1, -0.05) is 33.4 Å². The Bertz CT molecular complexity index is 820. The van der Waals surface area contributed by atoms with Crippen molar-refractivity contribution in [1.29, 1.82) is 0 Å². The summed E-state index contributed by atoms with van der Waals surface area (Å²) in [6.45, 7) is 2.36. The summed E-state index contributed by atoms with van der Waals surface area (Å²) in [5.41, 5.74) is 2.36. The standard InChI is InChI=1S/C17H15BrN4OS/c1-2-15-16(24-21-20-15)17(23)22(11-13-5-3-4-10-19-13)14-8-6-12(18)7-9-14/h3-10H,2,11H2,1H3. The van der Waals surface area contributed by atoms with E-state index < -0.39 is 0 Å². The Balaban J connectivity index is 1.98. The van der Waals surface area contributed by atoms with Gasteiger partial charge in [0.05, 0.1) is 17.9 Å². The third kappa shape index (κ3) is 3.68. The first-order valence-corrected chi connectivity index (χ1v) is 9.04. The molecule has 1 aromatic carbocycles. The average molecular weight is 403 g/mol. The van der Waals surface area contributed by atoms with Crippen molar-refractivity contribution in [1.82, 2.24) is 14.6 Å². The molecular weight excluding hydrogens is 388 g/mol. The molecule has 0 N–H and O–H groups in total. The summed E-state index contributed by atoms with van der Waals surface area (Å²) in [4.78, 5) is 19.7. The molecular formula is C17H15BrN4OS. The van der Waals surface area contributed by atoms with Gasteiger partial charge in [-0.3, -0.25) is 9.78 Å². The third-order valence-corrected chi connectivity index (χ3v) is 4.80. The molecule has 7 heteroatoms. The lowest BCUT2D eigenvalue weighted by molar-refractivity contribution is 0.0987. The number of hydrogen-bond donors (Lipinski definition) is 0. The molecule has 0 spiro atoms. The van der Waals surface area contributed by atoms with E-state index in [4.69, 9.17) is 0 Å². The Morgan fingerprint density at radius 2 is 2.00 bits per heavy atom. The van der Waals surface area contributed by atoms with Crippen molar-refractivity contribution in [2.24, 2.45) is 0 Å². The minimum atomic E-state index is -0.102. The highest BCUT2D eigenvalue weighted by molar-refractivity contribution is 9.10. The Morgan fingerprint density at radius 3 is 2.67 bits per heavy atom. The smallest absolute Gasteiger partial charge is 0.272 e. The maximum atomic E-state index is 13.1. The minimum Gasteiger partial charge on any atom is -0.302 e. The summed E-state index contributed by atoms with van der Waals surface area (Å²) in [6.07, 6.45) is 2.40. The van der Waals surface area contributed by atoms with E-state index in [0.717, 1.165) is 33.1 Å². The molecule has 0 aliphatic heterocycles. The van der Waals surface area contributed by atoms with E-state index in [0.29, 0.717) is 17.8 Å². The van der Waals surface area contributed by atoms with Crippen molar-refractivity contribution >= 4 is 39.1 Å². The highest BCUT2D eigenvalue weighted by Gasteiger charge is 2.23. The Morgan fingerprint density at radius 1 is 1.21 bits per heavy atom. The zero-order chi connectivity index (χ0) is 16.9. The molecule has 122 valence electrons. The van der Waals surface area contributed by atoms with Gasteiger partial charge >= 0.3 is 0 Å². The van der Waals surface area contributed by atoms with Gasteiger partial charge in [0.25, 0.3) is 5.91 Å². The van der Waals surface area contributed by atoms with E-state index in [1.807, 2.05) is 49.4 Å². The molecule has 0 saturated carbocycles. The topological polar surface area (TPSA) is 59.0 Å². The fraction of sp³-hybridized carbons (Fsp3) is 0.176. The number of carbonyl (C=O) groups is 1. The summed E-state index contributed by atoms with van der Waals surface area (Å²) in [7, 11) is 0. The number of anilines is 1. The first-order valence-electron chi connectivity index (χ1n) is 7.47. The number of aryl methyl sites for hydroxylation is 1. The Hall–Kier alpha value is -2.12. The van der Waals surface area contributed by atoms with Crippen LogP contribution in [0.25, 0.3) is 0 Å². The molecule has 0 fully saturated rings.